The van der Waals surface area contributed by atoms with Gasteiger partial charge in [0.1, 0.15) is 0 Å². The maximum atomic E-state index is 5.41. The lowest BCUT2D eigenvalue weighted by atomic mass is 10.1. The first kappa shape index (κ1) is 18.9. The maximum absolute atomic E-state index is 5.41. The maximum Gasteiger partial charge on any atom is 0.191 e. The van der Waals surface area contributed by atoms with E-state index in [1.165, 1.54) is 25.0 Å². The van der Waals surface area contributed by atoms with Crippen molar-refractivity contribution in [1.29, 1.82) is 0 Å². The van der Waals surface area contributed by atoms with Crippen molar-refractivity contribution in [3.05, 3.63) is 0 Å². The summed E-state index contributed by atoms with van der Waals surface area (Å²) in [5, 5.41) is 7.94. The second-order valence-electron chi connectivity index (χ2n) is 6.70. The summed E-state index contributed by atoms with van der Waals surface area (Å²) in [4.78, 5) is 6.89. The largest absolute Gasteiger partial charge is 0.379 e. The molecule has 2 rings (SSSR count). The van der Waals surface area contributed by atoms with Crippen molar-refractivity contribution in [2.75, 3.05) is 52.2 Å². The lowest BCUT2D eigenvalue weighted by Gasteiger charge is -2.29. The molecule has 134 valence electrons. The number of hydrogen-bond acceptors (Lipinski definition) is 4. The summed E-state index contributed by atoms with van der Waals surface area (Å²) in [6.07, 6.45) is 3.87. The molecular formula is C17H34N4OS. The SMILES string of the molecule is CCSC1CCC(NC(=NC)NCC(C)CN2CCOCC2)C1. The summed E-state index contributed by atoms with van der Waals surface area (Å²) in [5.41, 5.74) is 0. The second-order valence-corrected chi connectivity index (χ2v) is 8.28. The van der Waals surface area contributed by atoms with Gasteiger partial charge in [-0.05, 0) is 30.9 Å². The molecule has 1 saturated heterocycles. The van der Waals surface area contributed by atoms with Crippen LogP contribution in [0.15, 0.2) is 4.99 Å². The Labute approximate surface area is 146 Å². The number of thioether (sulfide) groups is 1. The summed E-state index contributed by atoms with van der Waals surface area (Å²) >= 11 is 2.10. The van der Waals surface area contributed by atoms with Gasteiger partial charge in [0.15, 0.2) is 5.96 Å². The number of nitrogens with one attached hydrogen (secondary N) is 2. The first-order chi connectivity index (χ1) is 11.2. The van der Waals surface area contributed by atoms with Crippen molar-refractivity contribution in [2.24, 2.45) is 10.9 Å². The Morgan fingerprint density at radius 1 is 1.35 bits per heavy atom. The molecule has 6 heteroatoms. The van der Waals surface area contributed by atoms with Crippen LogP contribution in [0.4, 0.5) is 0 Å². The Hall–Kier alpha value is -0.460. The van der Waals surface area contributed by atoms with E-state index >= 15 is 0 Å². The summed E-state index contributed by atoms with van der Waals surface area (Å²) in [5.74, 6) is 2.80. The Kier molecular flexibility index (Phi) is 8.55. The number of aliphatic imine (C=N–C) groups is 1. The van der Waals surface area contributed by atoms with Crippen LogP contribution in [-0.4, -0.2) is 74.3 Å². The Balaban J connectivity index is 1.64. The highest BCUT2D eigenvalue weighted by Crippen LogP contribution is 2.29. The van der Waals surface area contributed by atoms with E-state index in [0.29, 0.717) is 12.0 Å². The van der Waals surface area contributed by atoms with Crippen LogP contribution in [0.5, 0.6) is 0 Å². The summed E-state index contributed by atoms with van der Waals surface area (Å²) in [7, 11) is 1.87. The van der Waals surface area contributed by atoms with Gasteiger partial charge >= 0.3 is 0 Å². The van der Waals surface area contributed by atoms with Gasteiger partial charge in [-0.15, -0.1) is 0 Å². The molecule has 1 saturated carbocycles. The van der Waals surface area contributed by atoms with Crippen LogP contribution in [-0.2, 0) is 4.74 Å². The van der Waals surface area contributed by atoms with E-state index in [-0.39, 0.29) is 0 Å². The number of guanidine groups is 1. The van der Waals surface area contributed by atoms with E-state index in [2.05, 4.69) is 46.1 Å². The zero-order valence-electron chi connectivity index (χ0n) is 15.0. The van der Waals surface area contributed by atoms with Crippen LogP contribution in [0, 0.1) is 5.92 Å². The molecule has 0 bridgehead atoms. The fourth-order valence-electron chi connectivity index (χ4n) is 3.41. The van der Waals surface area contributed by atoms with Gasteiger partial charge in [0.2, 0.25) is 0 Å². The quantitative estimate of drug-likeness (QED) is 0.546. The van der Waals surface area contributed by atoms with E-state index in [9.17, 15) is 0 Å². The smallest absolute Gasteiger partial charge is 0.191 e. The van der Waals surface area contributed by atoms with Crippen LogP contribution in [0.3, 0.4) is 0 Å². The van der Waals surface area contributed by atoms with Gasteiger partial charge in [-0.25, -0.2) is 0 Å². The molecule has 0 radical (unpaired) electrons. The van der Waals surface area contributed by atoms with E-state index in [0.717, 1.165) is 50.6 Å². The monoisotopic (exact) mass is 342 g/mol. The first-order valence-corrected chi connectivity index (χ1v) is 10.1. The highest BCUT2D eigenvalue weighted by molar-refractivity contribution is 7.99. The molecule has 2 N–H and O–H groups in total. The summed E-state index contributed by atoms with van der Waals surface area (Å²) < 4.78 is 5.41. The predicted octanol–water partition coefficient (Wildman–Crippen LogP) is 1.79. The van der Waals surface area contributed by atoms with Crippen molar-refractivity contribution in [1.82, 2.24) is 15.5 Å². The molecule has 2 fully saturated rings. The highest BCUT2D eigenvalue weighted by atomic mass is 32.2. The van der Waals surface area contributed by atoms with Crippen molar-refractivity contribution in [3.8, 4) is 0 Å². The van der Waals surface area contributed by atoms with Gasteiger partial charge in [-0.1, -0.05) is 13.8 Å². The molecule has 1 aliphatic heterocycles. The van der Waals surface area contributed by atoms with Gasteiger partial charge in [0.25, 0.3) is 0 Å². The molecule has 1 heterocycles. The van der Waals surface area contributed by atoms with Crippen molar-refractivity contribution in [2.45, 2.75) is 44.4 Å². The number of morpholine rings is 1. The summed E-state index contributed by atoms with van der Waals surface area (Å²) in [6.45, 7) is 10.5. The molecule has 0 amide bonds. The zero-order valence-corrected chi connectivity index (χ0v) is 15.8. The van der Waals surface area contributed by atoms with Crippen LogP contribution in [0.25, 0.3) is 0 Å². The van der Waals surface area contributed by atoms with Crippen LogP contribution in [0.1, 0.15) is 33.1 Å². The van der Waals surface area contributed by atoms with E-state index in [4.69, 9.17) is 4.74 Å². The molecule has 3 atom stereocenters. The number of hydrogen-bond donors (Lipinski definition) is 2. The molecule has 0 aromatic carbocycles. The molecule has 5 nitrogen and oxygen atoms in total. The van der Waals surface area contributed by atoms with Gasteiger partial charge < -0.3 is 15.4 Å². The van der Waals surface area contributed by atoms with Crippen LogP contribution in [0.2, 0.25) is 0 Å². The minimum Gasteiger partial charge on any atom is -0.379 e. The third-order valence-corrected chi connectivity index (χ3v) is 5.88. The second kappa shape index (κ2) is 10.4. The zero-order chi connectivity index (χ0) is 16.5. The number of rotatable bonds is 7. The third-order valence-electron chi connectivity index (χ3n) is 4.64. The van der Waals surface area contributed by atoms with Gasteiger partial charge in [0.05, 0.1) is 13.2 Å². The molecule has 1 aliphatic carbocycles. The highest BCUT2D eigenvalue weighted by Gasteiger charge is 2.25. The average molecular weight is 343 g/mol. The van der Waals surface area contributed by atoms with E-state index < -0.39 is 0 Å². The van der Waals surface area contributed by atoms with Crippen LogP contribution < -0.4 is 10.6 Å². The minimum atomic E-state index is 0.583. The summed E-state index contributed by atoms with van der Waals surface area (Å²) in [6, 6.07) is 0.583. The fraction of sp³-hybridized carbons (Fsp3) is 0.941. The Morgan fingerprint density at radius 2 is 2.13 bits per heavy atom. The normalized spacial score (nSPS) is 27.9. The number of ether oxygens (including phenoxy) is 1. The standard InChI is InChI=1S/C17H34N4OS/c1-4-23-16-6-5-15(11-16)20-17(18-3)19-12-14(2)13-21-7-9-22-10-8-21/h14-16H,4-13H2,1-3H3,(H2,18,19,20). The molecule has 23 heavy (non-hydrogen) atoms. The molecule has 0 spiro atoms. The van der Waals surface area contributed by atoms with Crippen LogP contribution >= 0.6 is 11.8 Å². The third kappa shape index (κ3) is 6.89. The van der Waals surface area contributed by atoms with Crippen molar-refractivity contribution < 1.29 is 4.74 Å². The lowest BCUT2D eigenvalue weighted by Crippen LogP contribution is -2.46. The fourth-order valence-corrected chi connectivity index (χ4v) is 4.55. The molecule has 0 aromatic heterocycles. The van der Waals surface area contributed by atoms with E-state index in [1.807, 2.05) is 7.05 Å². The minimum absolute atomic E-state index is 0.583. The van der Waals surface area contributed by atoms with E-state index in [1.54, 1.807) is 0 Å². The van der Waals surface area contributed by atoms with Crippen molar-refractivity contribution in [3.63, 3.8) is 0 Å². The van der Waals surface area contributed by atoms with Gasteiger partial charge in [-0.3, -0.25) is 9.89 Å². The van der Waals surface area contributed by atoms with Gasteiger partial charge in [-0.2, -0.15) is 11.8 Å². The molecular weight excluding hydrogens is 308 g/mol. The van der Waals surface area contributed by atoms with Crippen molar-refractivity contribution >= 4 is 17.7 Å². The first-order valence-electron chi connectivity index (χ1n) is 9.10. The van der Waals surface area contributed by atoms with Gasteiger partial charge in [0, 0.05) is 44.5 Å². The Bertz CT molecular complexity index is 361. The Morgan fingerprint density at radius 3 is 2.83 bits per heavy atom. The molecule has 0 aromatic rings. The lowest BCUT2D eigenvalue weighted by molar-refractivity contribution is 0.0320. The predicted molar refractivity (Wildman–Crippen MR) is 100 cm³/mol. The average Bonchev–Trinajstić information content (AvgIpc) is 3.00. The molecule has 3 unspecified atom stereocenters. The molecule has 2 aliphatic rings. The number of nitrogens with zero attached hydrogens (tertiary/aromatic N) is 2. The topological polar surface area (TPSA) is 48.9 Å².